The number of rotatable bonds is 2. The van der Waals surface area contributed by atoms with E-state index in [0.717, 1.165) is 46.5 Å². The Balaban J connectivity index is 1.44. The van der Waals surface area contributed by atoms with Crippen LogP contribution in [-0.2, 0) is 0 Å². The van der Waals surface area contributed by atoms with Gasteiger partial charge in [0.2, 0.25) is 0 Å². The zero-order valence-corrected chi connectivity index (χ0v) is 15.8. The van der Waals surface area contributed by atoms with Gasteiger partial charge in [-0.15, -0.1) is 0 Å². The number of hydrogen-bond acceptors (Lipinski definition) is 3. The second-order valence-electron chi connectivity index (χ2n) is 7.07. The Bertz CT molecular complexity index is 972. The highest BCUT2D eigenvalue weighted by Crippen LogP contribution is 2.26. The number of aromatic nitrogens is 1. The molecule has 0 saturated carbocycles. The minimum absolute atomic E-state index is 0.0283. The molecule has 3 aromatic rings. The molecule has 0 bridgehead atoms. The Labute approximate surface area is 159 Å². The summed E-state index contributed by atoms with van der Waals surface area (Å²) in [6.07, 6.45) is 1.83. The third-order valence-electron chi connectivity index (χ3n) is 5.15. The number of carbonyl (C=O) groups excluding carboxylic acids is 1. The number of amides is 2. The molecule has 4 rings (SSSR count). The molecule has 1 N–H and O–H groups in total. The van der Waals surface area contributed by atoms with Crippen LogP contribution in [0.5, 0.6) is 0 Å². The second kappa shape index (κ2) is 7.27. The van der Waals surface area contributed by atoms with E-state index in [9.17, 15) is 4.79 Å². The van der Waals surface area contributed by atoms with Gasteiger partial charge in [-0.1, -0.05) is 30.3 Å². The van der Waals surface area contributed by atoms with Gasteiger partial charge in [0.05, 0.1) is 11.2 Å². The van der Waals surface area contributed by atoms with E-state index in [2.05, 4.69) is 45.5 Å². The smallest absolute Gasteiger partial charge is 0.321 e. The quantitative estimate of drug-likeness (QED) is 0.745. The van der Waals surface area contributed by atoms with Crippen LogP contribution in [-0.4, -0.2) is 42.1 Å². The van der Waals surface area contributed by atoms with E-state index in [-0.39, 0.29) is 6.03 Å². The first kappa shape index (κ1) is 17.3. The number of benzene rings is 2. The van der Waals surface area contributed by atoms with Gasteiger partial charge in [-0.25, -0.2) is 4.79 Å². The number of carbonyl (C=O) groups is 1. The van der Waals surface area contributed by atoms with Gasteiger partial charge in [-0.2, -0.15) is 0 Å². The van der Waals surface area contributed by atoms with Crippen LogP contribution in [0.2, 0.25) is 0 Å². The average molecular weight is 360 g/mol. The largest absolute Gasteiger partial charge is 0.366 e. The van der Waals surface area contributed by atoms with Gasteiger partial charge >= 0.3 is 6.03 Å². The minimum atomic E-state index is -0.0283. The first-order valence-electron chi connectivity index (χ1n) is 9.34. The Morgan fingerprint density at radius 3 is 2.59 bits per heavy atom. The molecule has 1 saturated heterocycles. The van der Waals surface area contributed by atoms with Crippen molar-refractivity contribution in [1.82, 2.24) is 9.88 Å². The van der Waals surface area contributed by atoms with Gasteiger partial charge < -0.3 is 15.1 Å². The van der Waals surface area contributed by atoms with Crippen molar-refractivity contribution < 1.29 is 4.79 Å². The predicted molar refractivity (Wildman–Crippen MR) is 110 cm³/mol. The number of nitrogens with one attached hydrogen (secondary N) is 1. The summed E-state index contributed by atoms with van der Waals surface area (Å²) in [6, 6.07) is 16.4. The highest BCUT2D eigenvalue weighted by molar-refractivity contribution is 5.92. The normalized spacial score (nSPS) is 14.4. The molecule has 0 spiro atoms. The molecule has 1 fully saturated rings. The summed E-state index contributed by atoms with van der Waals surface area (Å²) in [5.74, 6) is 0. The van der Waals surface area contributed by atoms with Crippen molar-refractivity contribution >= 4 is 28.3 Å². The van der Waals surface area contributed by atoms with Crippen molar-refractivity contribution in [1.29, 1.82) is 0 Å². The van der Waals surface area contributed by atoms with Crippen LogP contribution < -0.4 is 10.2 Å². The van der Waals surface area contributed by atoms with Crippen LogP contribution >= 0.6 is 0 Å². The topological polar surface area (TPSA) is 48.5 Å². The van der Waals surface area contributed by atoms with Gasteiger partial charge in [-0.05, 0) is 43.2 Å². The fourth-order valence-electron chi connectivity index (χ4n) is 3.56. The first-order chi connectivity index (χ1) is 13.1. The van der Waals surface area contributed by atoms with E-state index in [1.165, 1.54) is 0 Å². The first-order valence-corrected chi connectivity index (χ1v) is 9.34. The summed E-state index contributed by atoms with van der Waals surface area (Å²) in [6.45, 7) is 7.04. The van der Waals surface area contributed by atoms with Gasteiger partial charge in [0, 0.05) is 43.4 Å². The zero-order valence-electron chi connectivity index (χ0n) is 15.8. The summed E-state index contributed by atoms with van der Waals surface area (Å²) in [4.78, 5) is 21.4. The molecule has 0 aliphatic carbocycles. The van der Waals surface area contributed by atoms with E-state index in [0.29, 0.717) is 13.1 Å². The summed E-state index contributed by atoms with van der Waals surface area (Å²) in [5, 5.41) is 4.20. The summed E-state index contributed by atoms with van der Waals surface area (Å²) < 4.78 is 0. The van der Waals surface area contributed by atoms with Gasteiger partial charge in [0.25, 0.3) is 0 Å². The third-order valence-corrected chi connectivity index (χ3v) is 5.15. The number of fused-ring (bicyclic) bond motifs is 1. The molecular formula is C22H24N4O. The molecular weight excluding hydrogens is 336 g/mol. The van der Waals surface area contributed by atoms with E-state index in [1.807, 2.05) is 43.1 Å². The van der Waals surface area contributed by atoms with Crippen LogP contribution in [0, 0.1) is 13.8 Å². The number of anilines is 2. The molecule has 2 aromatic carbocycles. The number of pyridine rings is 1. The van der Waals surface area contributed by atoms with Gasteiger partial charge in [-0.3, -0.25) is 4.98 Å². The van der Waals surface area contributed by atoms with E-state index in [1.54, 1.807) is 0 Å². The van der Waals surface area contributed by atoms with Crippen molar-refractivity contribution in [3.05, 3.63) is 65.9 Å². The van der Waals surface area contributed by atoms with Crippen LogP contribution in [0.4, 0.5) is 16.2 Å². The Morgan fingerprint density at radius 2 is 1.78 bits per heavy atom. The molecule has 1 aromatic heterocycles. The molecule has 5 heteroatoms. The SMILES string of the molecule is Cc1ccc(C)c(NC(=O)N2CCN(c3cccc4cccnc34)CC2)c1. The van der Waals surface area contributed by atoms with Gasteiger partial charge in [0.1, 0.15) is 0 Å². The monoisotopic (exact) mass is 360 g/mol. The summed E-state index contributed by atoms with van der Waals surface area (Å²) in [5.41, 5.74) is 5.27. The molecule has 1 aliphatic rings. The van der Waals surface area contributed by atoms with Crippen molar-refractivity contribution in [2.45, 2.75) is 13.8 Å². The number of urea groups is 1. The lowest BCUT2D eigenvalue weighted by molar-refractivity contribution is 0.208. The second-order valence-corrected chi connectivity index (χ2v) is 7.07. The Hall–Kier alpha value is -3.08. The number of piperazine rings is 1. The molecule has 2 heterocycles. The fourth-order valence-corrected chi connectivity index (χ4v) is 3.56. The molecule has 27 heavy (non-hydrogen) atoms. The number of hydrogen-bond donors (Lipinski definition) is 1. The number of nitrogens with zero attached hydrogens (tertiary/aromatic N) is 3. The molecule has 0 radical (unpaired) electrons. The number of aryl methyl sites for hydroxylation is 2. The average Bonchev–Trinajstić information content (AvgIpc) is 2.70. The Kier molecular flexibility index (Phi) is 4.67. The maximum Gasteiger partial charge on any atom is 0.321 e. The fraction of sp³-hybridized carbons (Fsp3) is 0.273. The lowest BCUT2D eigenvalue weighted by atomic mass is 10.1. The lowest BCUT2D eigenvalue weighted by Gasteiger charge is -2.36. The zero-order chi connectivity index (χ0) is 18.8. The predicted octanol–water partition coefficient (Wildman–Crippen LogP) is 4.21. The van der Waals surface area contributed by atoms with Crippen molar-refractivity contribution in [3.8, 4) is 0 Å². The van der Waals surface area contributed by atoms with Crippen LogP contribution in [0.15, 0.2) is 54.7 Å². The van der Waals surface area contributed by atoms with Crippen LogP contribution in [0.1, 0.15) is 11.1 Å². The highest BCUT2D eigenvalue weighted by atomic mass is 16.2. The maximum absolute atomic E-state index is 12.7. The lowest BCUT2D eigenvalue weighted by Crippen LogP contribution is -2.50. The molecule has 138 valence electrons. The maximum atomic E-state index is 12.7. The summed E-state index contributed by atoms with van der Waals surface area (Å²) >= 11 is 0. The molecule has 0 atom stereocenters. The Morgan fingerprint density at radius 1 is 1.00 bits per heavy atom. The van der Waals surface area contributed by atoms with Gasteiger partial charge in [0.15, 0.2) is 0 Å². The highest BCUT2D eigenvalue weighted by Gasteiger charge is 2.22. The van der Waals surface area contributed by atoms with Crippen molar-refractivity contribution in [2.75, 3.05) is 36.4 Å². The van der Waals surface area contributed by atoms with E-state index < -0.39 is 0 Å². The van der Waals surface area contributed by atoms with Crippen molar-refractivity contribution in [3.63, 3.8) is 0 Å². The molecule has 0 unspecified atom stereocenters. The molecule has 2 amide bonds. The number of para-hydroxylation sites is 1. The van der Waals surface area contributed by atoms with Crippen molar-refractivity contribution in [2.24, 2.45) is 0 Å². The standard InChI is InChI=1S/C22H24N4O/c1-16-8-9-17(2)19(15-16)24-22(27)26-13-11-25(12-14-26)20-7-3-5-18-6-4-10-23-21(18)20/h3-10,15H,11-14H2,1-2H3,(H,24,27). The van der Waals surface area contributed by atoms with E-state index >= 15 is 0 Å². The molecule has 1 aliphatic heterocycles. The molecule has 5 nitrogen and oxygen atoms in total. The van der Waals surface area contributed by atoms with Crippen LogP contribution in [0.25, 0.3) is 10.9 Å². The van der Waals surface area contributed by atoms with Crippen LogP contribution in [0.3, 0.4) is 0 Å². The van der Waals surface area contributed by atoms with E-state index in [4.69, 9.17) is 0 Å². The minimum Gasteiger partial charge on any atom is -0.366 e. The third kappa shape index (κ3) is 3.58. The summed E-state index contributed by atoms with van der Waals surface area (Å²) in [7, 11) is 0.